The molecule has 3 rings (SSSR count). The average Bonchev–Trinajstić information content (AvgIpc) is 2.53. The number of aromatic nitrogens is 1. The van der Waals surface area contributed by atoms with Crippen LogP contribution in [-0.4, -0.2) is 18.1 Å². The Hall–Kier alpha value is -1.48. The molecule has 0 saturated heterocycles. The lowest BCUT2D eigenvalue weighted by atomic mass is 9.76. The van der Waals surface area contributed by atoms with Gasteiger partial charge in [-0.2, -0.15) is 0 Å². The number of hydrogen-bond donors (Lipinski definition) is 1. The van der Waals surface area contributed by atoms with Crippen LogP contribution in [0.2, 0.25) is 0 Å². The standard InChI is InChI=1S/C18H23FN2/c1-12(20-2)13-3-5-14(6-4-13)16-9-10-21-18-8-7-15(19)11-17(16)18/h7-14,20H,3-6H2,1-2H3/t12?,13-,14+. The molecule has 1 aromatic carbocycles. The van der Waals surface area contributed by atoms with Crippen molar-refractivity contribution in [2.24, 2.45) is 5.92 Å². The summed E-state index contributed by atoms with van der Waals surface area (Å²) in [5.41, 5.74) is 2.18. The molecule has 1 saturated carbocycles. The molecule has 1 fully saturated rings. The van der Waals surface area contributed by atoms with Crippen molar-refractivity contribution < 1.29 is 4.39 Å². The average molecular weight is 286 g/mol. The smallest absolute Gasteiger partial charge is 0.123 e. The first-order chi connectivity index (χ1) is 10.2. The van der Waals surface area contributed by atoms with Gasteiger partial charge in [0.25, 0.3) is 0 Å². The van der Waals surface area contributed by atoms with E-state index in [9.17, 15) is 4.39 Å². The van der Waals surface area contributed by atoms with Crippen molar-refractivity contribution in [2.75, 3.05) is 7.05 Å². The molecule has 1 aliphatic rings. The molecule has 1 unspecified atom stereocenters. The van der Waals surface area contributed by atoms with Gasteiger partial charge in [-0.3, -0.25) is 4.98 Å². The summed E-state index contributed by atoms with van der Waals surface area (Å²) < 4.78 is 13.6. The SMILES string of the molecule is CNC(C)[C@H]1CC[C@@H](c2ccnc3ccc(F)cc32)CC1. The molecule has 1 atom stereocenters. The molecule has 0 radical (unpaired) electrons. The van der Waals surface area contributed by atoms with Crippen LogP contribution in [0, 0.1) is 11.7 Å². The number of halogens is 1. The molecule has 21 heavy (non-hydrogen) atoms. The van der Waals surface area contributed by atoms with Crippen LogP contribution in [0.15, 0.2) is 30.5 Å². The van der Waals surface area contributed by atoms with Gasteiger partial charge < -0.3 is 5.32 Å². The van der Waals surface area contributed by atoms with Crippen LogP contribution in [0.4, 0.5) is 4.39 Å². The third-order valence-corrected chi connectivity index (χ3v) is 5.11. The lowest BCUT2D eigenvalue weighted by Crippen LogP contribution is -2.32. The first-order valence-electron chi connectivity index (χ1n) is 7.90. The van der Waals surface area contributed by atoms with E-state index < -0.39 is 0 Å². The first kappa shape index (κ1) is 14.5. The fourth-order valence-corrected chi connectivity index (χ4v) is 3.66. The topological polar surface area (TPSA) is 24.9 Å². The van der Waals surface area contributed by atoms with Crippen LogP contribution in [0.1, 0.15) is 44.1 Å². The summed E-state index contributed by atoms with van der Waals surface area (Å²) in [7, 11) is 2.04. The Kier molecular flexibility index (Phi) is 4.20. The number of nitrogens with one attached hydrogen (secondary N) is 1. The van der Waals surface area contributed by atoms with Crippen LogP contribution < -0.4 is 5.32 Å². The van der Waals surface area contributed by atoms with Gasteiger partial charge >= 0.3 is 0 Å². The van der Waals surface area contributed by atoms with E-state index >= 15 is 0 Å². The van der Waals surface area contributed by atoms with Crippen molar-refractivity contribution >= 4 is 10.9 Å². The molecule has 1 aromatic heterocycles. The number of nitrogens with zero attached hydrogens (tertiary/aromatic N) is 1. The fourth-order valence-electron chi connectivity index (χ4n) is 3.66. The minimum absolute atomic E-state index is 0.172. The summed E-state index contributed by atoms with van der Waals surface area (Å²) in [5.74, 6) is 1.13. The van der Waals surface area contributed by atoms with Gasteiger partial charge in [0.05, 0.1) is 5.52 Å². The number of hydrogen-bond acceptors (Lipinski definition) is 2. The van der Waals surface area contributed by atoms with E-state index in [0.717, 1.165) is 16.8 Å². The zero-order valence-corrected chi connectivity index (χ0v) is 12.8. The van der Waals surface area contributed by atoms with Crippen molar-refractivity contribution in [3.8, 4) is 0 Å². The minimum atomic E-state index is -0.172. The second-order valence-electron chi connectivity index (χ2n) is 6.25. The molecule has 2 aromatic rings. The van der Waals surface area contributed by atoms with Crippen molar-refractivity contribution in [1.82, 2.24) is 10.3 Å². The van der Waals surface area contributed by atoms with Crippen molar-refractivity contribution in [1.29, 1.82) is 0 Å². The Bertz CT molecular complexity index is 618. The first-order valence-corrected chi connectivity index (χ1v) is 7.90. The highest BCUT2D eigenvalue weighted by atomic mass is 19.1. The highest BCUT2D eigenvalue weighted by molar-refractivity contribution is 5.82. The maximum atomic E-state index is 13.6. The highest BCUT2D eigenvalue weighted by Gasteiger charge is 2.26. The highest BCUT2D eigenvalue weighted by Crippen LogP contribution is 2.39. The van der Waals surface area contributed by atoms with Gasteiger partial charge in [-0.25, -0.2) is 4.39 Å². The molecule has 0 aliphatic heterocycles. The molecular formula is C18H23FN2. The van der Waals surface area contributed by atoms with Gasteiger partial charge in [0.15, 0.2) is 0 Å². The lowest BCUT2D eigenvalue weighted by molar-refractivity contribution is 0.271. The summed E-state index contributed by atoms with van der Waals surface area (Å²) in [5, 5.41) is 4.36. The Labute approximate surface area is 125 Å². The van der Waals surface area contributed by atoms with Crippen molar-refractivity contribution in [3.63, 3.8) is 0 Å². The predicted molar refractivity (Wildman–Crippen MR) is 84.9 cm³/mol. The second kappa shape index (κ2) is 6.10. The molecular weight excluding hydrogens is 263 g/mol. The van der Waals surface area contributed by atoms with Gasteiger partial charge in [0.2, 0.25) is 0 Å². The van der Waals surface area contributed by atoms with E-state index in [-0.39, 0.29) is 5.82 Å². The summed E-state index contributed by atoms with van der Waals surface area (Å²) in [6.07, 6.45) is 6.72. The Morgan fingerprint density at radius 3 is 2.67 bits per heavy atom. The van der Waals surface area contributed by atoms with Crippen molar-refractivity contribution in [3.05, 3.63) is 41.8 Å². The normalized spacial score (nSPS) is 24.1. The molecule has 112 valence electrons. The maximum Gasteiger partial charge on any atom is 0.123 e. The van der Waals surface area contributed by atoms with Gasteiger partial charge in [0.1, 0.15) is 5.82 Å². The number of benzene rings is 1. The van der Waals surface area contributed by atoms with Crippen LogP contribution in [-0.2, 0) is 0 Å². The van der Waals surface area contributed by atoms with E-state index in [1.165, 1.54) is 37.3 Å². The van der Waals surface area contributed by atoms with Crippen LogP contribution in [0.3, 0.4) is 0 Å². The lowest BCUT2D eigenvalue weighted by Gasteiger charge is -2.32. The van der Waals surface area contributed by atoms with Gasteiger partial charge in [-0.05, 0) is 81.3 Å². The second-order valence-corrected chi connectivity index (χ2v) is 6.25. The van der Waals surface area contributed by atoms with E-state index in [1.807, 2.05) is 13.2 Å². The van der Waals surface area contributed by atoms with Gasteiger partial charge in [-0.1, -0.05) is 0 Å². The number of pyridine rings is 1. The minimum Gasteiger partial charge on any atom is -0.317 e. The van der Waals surface area contributed by atoms with Crippen molar-refractivity contribution in [2.45, 2.75) is 44.6 Å². The molecule has 3 heteroatoms. The Balaban J connectivity index is 1.84. The summed E-state index contributed by atoms with van der Waals surface area (Å²) in [4.78, 5) is 4.36. The summed E-state index contributed by atoms with van der Waals surface area (Å²) in [6.45, 7) is 2.27. The molecule has 0 amide bonds. The van der Waals surface area contributed by atoms with E-state index in [4.69, 9.17) is 0 Å². The zero-order chi connectivity index (χ0) is 14.8. The van der Waals surface area contributed by atoms with E-state index in [0.29, 0.717) is 12.0 Å². The molecule has 1 heterocycles. The van der Waals surface area contributed by atoms with E-state index in [1.54, 1.807) is 12.1 Å². The summed E-state index contributed by atoms with van der Waals surface area (Å²) >= 11 is 0. The van der Waals surface area contributed by atoms with E-state index in [2.05, 4.69) is 23.3 Å². The quantitative estimate of drug-likeness (QED) is 0.912. The third-order valence-electron chi connectivity index (χ3n) is 5.11. The van der Waals surface area contributed by atoms with Crippen LogP contribution >= 0.6 is 0 Å². The maximum absolute atomic E-state index is 13.6. The monoisotopic (exact) mass is 286 g/mol. The molecule has 0 bridgehead atoms. The molecule has 1 aliphatic carbocycles. The molecule has 2 nitrogen and oxygen atoms in total. The Morgan fingerprint density at radius 2 is 1.95 bits per heavy atom. The van der Waals surface area contributed by atoms with Crippen LogP contribution in [0.5, 0.6) is 0 Å². The van der Waals surface area contributed by atoms with Crippen LogP contribution in [0.25, 0.3) is 10.9 Å². The third kappa shape index (κ3) is 2.93. The Morgan fingerprint density at radius 1 is 1.19 bits per heavy atom. The fraction of sp³-hybridized carbons (Fsp3) is 0.500. The molecule has 1 N–H and O–H groups in total. The number of fused-ring (bicyclic) bond motifs is 1. The van der Waals surface area contributed by atoms with Gasteiger partial charge in [-0.15, -0.1) is 0 Å². The summed E-state index contributed by atoms with van der Waals surface area (Å²) in [6, 6.07) is 7.57. The molecule has 0 spiro atoms. The number of rotatable bonds is 3. The predicted octanol–water partition coefficient (Wildman–Crippen LogP) is 4.26. The zero-order valence-electron chi connectivity index (χ0n) is 12.8. The van der Waals surface area contributed by atoms with Gasteiger partial charge in [0, 0.05) is 17.6 Å². The largest absolute Gasteiger partial charge is 0.317 e.